The lowest BCUT2D eigenvalue weighted by molar-refractivity contribution is 0.0466. The molecule has 0 aliphatic carbocycles. The molecule has 1 amide bonds. The number of benzene rings is 2. The van der Waals surface area contributed by atoms with Gasteiger partial charge < -0.3 is 15.0 Å². The third kappa shape index (κ3) is 4.32. The Kier molecular flexibility index (Phi) is 5.39. The van der Waals surface area contributed by atoms with Crippen molar-refractivity contribution < 1.29 is 14.3 Å². The van der Waals surface area contributed by atoms with Crippen LogP contribution in [0.5, 0.6) is 0 Å². The molecule has 0 spiro atoms. The zero-order valence-electron chi connectivity index (χ0n) is 14.1. The van der Waals surface area contributed by atoms with Gasteiger partial charge in [-0.15, -0.1) is 0 Å². The van der Waals surface area contributed by atoms with Gasteiger partial charge in [0.2, 0.25) is 0 Å². The standard InChI is InChI=1S/C20H17ClN2O3/c1-13-11-16(8-9-17(13)21)23-19(24)15-6-4-14(5-7-15)12-26-20(25)18-3-2-10-22-18/h2-11,22H,12H2,1H3,(H,23,24). The second kappa shape index (κ2) is 7.89. The number of aromatic nitrogens is 1. The zero-order chi connectivity index (χ0) is 18.5. The lowest BCUT2D eigenvalue weighted by Gasteiger charge is -2.08. The molecule has 0 saturated heterocycles. The molecular weight excluding hydrogens is 352 g/mol. The molecule has 0 radical (unpaired) electrons. The Morgan fingerprint density at radius 2 is 1.88 bits per heavy atom. The maximum Gasteiger partial charge on any atom is 0.355 e. The maximum atomic E-state index is 12.3. The van der Waals surface area contributed by atoms with Crippen molar-refractivity contribution in [1.29, 1.82) is 0 Å². The van der Waals surface area contributed by atoms with E-state index in [1.54, 1.807) is 54.7 Å². The minimum Gasteiger partial charge on any atom is -0.456 e. The zero-order valence-corrected chi connectivity index (χ0v) is 14.8. The van der Waals surface area contributed by atoms with Crippen molar-refractivity contribution in [1.82, 2.24) is 4.98 Å². The van der Waals surface area contributed by atoms with E-state index in [1.807, 2.05) is 13.0 Å². The van der Waals surface area contributed by atoms with Crippen LogP contribution in [0.4, 0.5) is 5.69 Å². The largest absolute Gasteiger partial charge is 0.456 e. The number of hydrogen-bond donors (Lipinski definition) is 2. The van der Waals surface area contributed by atoms with Gasteiger partial charge in [-0.1, -0.05) is 23.7 Å². The molecule has 0 aliphatic rings. The molecule has 6 heteroatoms. The number of amides is 1. The van der Waals surface area contributed by atoms with Crippen LogP contribution in [-0.4, -0.2) is 16.9 Å². The number of ether oxygens (including phenoxy) is 1. The normalized spacial score (nSPS) is 10.4. The number of rotatable bonds is 5. The Morgan fingerprint density at radius 3 is 2.54 bits per heavy atom. The third-order valence-corrected chi connectivity index (χ3v) is 4.24. The number of esters is 1. The molecule has 0 saturated carbocycles. The molecule has 0 aliphatic heterocycles. The molecule has 3 rings (SSSR count). The summed E-state index contributed by atoms with van der Waals surface area (Å²) in [6.45, 7) is 2.01. The van der Waals surface area contributed by atoms with Crippen LogP contribution in [0.25, 0.3) is 0 Å². The van der Waals surface area contributed by atoms with Crippen molar-refractivity contribution in [2.45, 2.75) is 13.5 Å². The van der Waals surface area contributed by atoms with Crippen LogP contribution < -0.4 is 5.32 Å². The molecular formula is C20H17ClN2O3. The Bertz CT molecular complexity index is 919. The number of aryl methyl sites for hydroxylation is 1. The number of H-pyrrole nitrogens is 1. The minimum atomic E-state index is -0.421. The van der Waals surface area contributed by atoms with E-state index in [0.717, 1.165) is 11.1 Å². The fraction of sp³-hybridized carbons (Fsp3) is 0.100. The molecule has 26 heavy (non-hydrogen) atoms. The molecule has 1 heterocycles. The third-order valence-electron chi connectivity index (χ3n) is 3.82. The highest BCUT2D eigenvalue weighted by Gasteiger charge is 2.09. The van der Waals surface area contributed by atoms with E-state index in [-0.39, 0.29) is 12.5 Å². The molecule has 2 N–H and O–H groups in total. The summed E-state index contributed by atoms with van der Waals surface area (Å²) in [4.78, 5) is 26.9. The molecule has 0 unspecified atom stereocenters. The van der Waals surface area contributed by atoms with Crippen molar-refractivity contribution in [2.24, 2.45) is 0 Å². The Balaban J connectivity index is 1.58. The number of carbonyl (C=O) groups excluding carboxylic acids is 2. The van der Waals surface area contributed by atoms with Crippen LogP contribution in [0.15, 0.2) is 60.8 Å². The van der Waals surface area contributed by atoms with Gasteiger partial charge >= 0.3 is 5.97 Å². The monoisotopic (exact) mass is 368 g/mol. The number of hydrogen-bond acceptors (Lipinski definition) is 3. The van der Waals surface area contributed by atoms with Gasteiger partial charge in [-0.25, -0.2) is 4.79 Å². The predicted octanol–water partition coefficient (Wildman–Crippen LogP) is 4.59. The van der Waals surface area contributed by atoms with Gasteiger partial charge in [0, 0.05) is 22.5 Å². The van der Waals surface area contributed by atoms with Gasteiger partial charge in [0.1, 0.15) is 12.3 Å². The number of nitrogens with one attached hydrogen (secondary N) is 2. The summed E-state index contributed by atoms with van der Waals surface area (Å²) < 4.78 is 5.21. The van der Waals surface area contributed by atoms with E-state index in [9.17, 15) is 9.59 Å². The first kappa shape index (κ1) is 17.8. The fourth-order valence-corrected chi connectivity index (χ4v) is 2.48. The molecule has 0 atom stereocenters. The van der Waals surface area contributed by atoms with Crippen LogP contribution in [0.1, 0.15) is 32.0 Å². The summed E-state index contributed by atoms with van der Waals surface area (Å²) in [5.41, 5.74) is 3.28. The van der Waals surface area contributed by atoms with Crippen molar-refractivity contribution in [3.8, 4) is 0 Å². The van der Waals surface area contributed by atoms with E-state index in [0.29, 0.717) is 22.0 Å². The highest BCUT2D eigenvalue weighted by molar-refractivity contribution is 6.31. The summed E-state index contributed by atoms with van der Waals surface area (Å²) in [7, 11) is 0. The van der Waals surface area contributed by atoms with E-state index < -0.39 is 5.97 Å². The molecule has 132 valence electrons. The van der Waals surface area contributed by atoms with Crippen LogP contribution in [-0.2, 0) is 11.3 Å². The van der Waals surface area contributed by atoms with E-state index in [2.05, 4.69) is 10.3 Å². The summed E-state index contributed by atoms with van der Waals surface area (Å²) in [6.07, 6.45) is 1.66. The van der Waals surface area contributed by atoms with Gasteiger partial charge in [0.05, 0.1) is 0 Å². The van der Waals surface area contributed by atoms with Crippen molar-refractivity contribution in [2.75, 3.05) is 5.32 Å². The van der Waals surface area contributed by atoms with Crippen LogP contribution in [0.3, 0.4) is 0 Å². The molecule has 1 aromatic heterocycles. The summed E-state index contributed by atoms with van der Waals surface area (Å²) in [5, 5.41) is 3.48. The van der Waals surface area contributed by atoms with Crippen LogP contribution >= 0.6 is 11.6 Å². The average Bonchev–Trinajstić information content (AvgIpc) is 3.18. The average molecular weight is 369 g/mol. The Morgan fingerprint density at radius 1 is 1.12 bits per heavy atom. The molecule has 3 aromatic rings. The Labute approximate surface area is 156 Å². The lowest BCUT2D eigenvalue weighted by Crippen LogP contribution is -2.12. The summed E-state index contributed by atoms with van der Waals surface area (Å²) in [5.74, 6) is -0.642. The molecule has 5 nitrogen and oxygen atoms in total. The molecule has 0 fully saturated rings. The number of halogens is 1. The minimum absolute atomic E-state index is 0.135. The summed E-state index contributed by atoms with van der Waals surface area (Å²) >= 11 is 5.99. The van der Waals surface area contributed by atoms with Gasteiger partial charge in [-0.3, -0.25) is 4.79 Å². The van der Waals surface area contributed by atoms with E-state index >= 15 is 0 Å². The van der Waals surface area contributed by atoms with Gasteiger partial charge in [0.15, 0.2) is 0 Å². The smallest absolute Gasteiger partial charge is 0.355 e. The SMILES string of the molecule is Cc1cc(NC(=O)c2ccc(COC(=O)c3ccc[nH]3)cc2)ccc1Cl. The highest BCUT2D eigenvalue weighted by Crippen LogP contribution is 2.20. The van der Waals surface area contributed by atoms with Crippen LogP contribution in [0, 0.1) is 6.92 Å². The fourth-order valence-electron chi connectivity index (χ4n) is 2.36. The molecule has 0 bridgehead atoms. The number of anilines is 1. The van der Waals surface area contributed by atoms with Gasteiger partial charge in [-0.05, 0) is 60.5 Å². The lowest BCUT2D eigenvalue weighted by atomic mass is 10.1. The maximum absolute atomic E-state index is 12.3. The topological polar surface area (TPSA) is 71.2 Å². The van der Waals surface area contributed by atoms with E-state index in [4.69, 9.17) is 16.3 Å². The van der Waals surface area contributed by atoms with Gasteiger partial charge in [0.25, 0.3) is 5.91 Å². The predicted molar refractivity (Wildman–Crippen MR) is 100 cm³/mol. The molecule has 2 aromatic carbocycles. The first-order chi connectivity index (χ1) is 12.5. The second-order valence-electron chi connectivity index (χ2n) is 5.77. The first-order valence-corrected chi connectivity index (χ1v) is 8.37. The van der Waals surface area contributed by atoms with Gasteiger partial charge in [-0.2, -0.15) is 0 Å². The number of aromatic amines is 1. The first-order valence-electron chi connectivity index (χ1n) is 8.00. The Hall–Kier alpha value is -3.05. The van der Waals surface area contributed by atoms with E-state index in [1.165, 1.54) is 0 Å². The van der Waals surface area contributed by atoms with Crippen molar-refractivity contribution >= 4 is 29.2 Å². The quantitative estimate of drug-likeness (QED) is 0.647. The highest BCUT2D eigenvalue weighted by atomic mass is 35.5. The van der Waals surface area contributed by atoms with Crippen LogP contribution in [0.2, 0.25) is 5.02 Å². The van der Waals surface area contributed by atoms with Crippen molar-refractivity contribution in [3.05, 3.63) is 88.2 Å². The second-order valence-corrected chi connectivity index (χ2v) is 6.18. The van der Waals surface area contributed by atoms with Crippen molar-refractivity contribution in [3.63, 3.8) is 0 Å². The number of carbonyl (C=O) groups is 2. The summed E-state index contributed by atoms with van der Waals surface area (Å²) in [6, 6.07) is 15.6.